The highest BCUT2D eigenvalue weighted by atomic mass is 32.1. The lowest BCUT2D eigenvalue weighted by Gasteiger charge is -2.28. The number of hydrogen-bond acceptors (Lipinski definition) is 5. The number of rotatable bonds is 5. The summed E-state index contributed by atoms with van der Waals surface area (Å²) in [5.41, 5.74) is 2.97. The Morgan fingerprint density at radius 3 is 2.86 bits per heavy atom. The maximum absolute atomic E-state index is 12.8. The highest BCUT2D eigenvalue weighted by molar-refractivity contribution is 7.09. The van der Waals surface area contributed by atoms with Crippen molar-refractivity contribution in [2.75, 3.05) is 16.8 Å². The molecule has 4 rings (SSSR count). The minimum absolute atomic E-state index is 0.0124. The fourth-order valence-corrected chi connectivity index (χ4v) is 3.65. The number of nitrogens with one attached hydrogen (secondary N) is 1. The molecule has 29 heavy (non-hydrogen) atoms. The third kappa shape index (κ3) is 4.35. The summed E-state index contributed by atoms with van der Waals surface area (Å²) in [5, 5.41) is 5.74. The predicted molar refractivity (Wildman–Crippen MR) is 114 cm³/mol. The molecule has 6 nitrogen and oxygen atoms in total. The van der Waals surface area contributed by atoms with Crippen molar-refractivity contribution in [1.29, 1.82) is 0 Å². The van der Waals surface area contributed by atoms with E-state index in [4.69, 9.17) is 4.74 Å². The van der Waals surface area contributed by atoms with Crippen molar-refractivity contribution >= 4 is 40.6 Å². The van der Waals surface area contributed by atoms with E-state index in [0.29, 0.717) is 23.7 Å². The minimum Gasteiger partial charge on any atom is -0.487 e. The first-order chi connectivity index (χ1) is 14.1. The highest BCUT2D eigenvalue weighted by Crippen LogP contribution is 2.29. The predicted octanol–water partition coefficient (Wildman–Crippen LogP) is 4.03. The fourth-order valence-electron chi connectivity index (χ4n) is 3.06. The molecule has 1 aliphatic heterocycles. The first kappa shape index (κ1) is 18.9. The molecule has 0 aliphatic carbocycles. The first-order valence-electron chi connectivity index (χ1n) is 9.11. The molecule has 0 radical (unpaired) electrons. The lowest BCUT2D eigenvalue weighted by Crippen LogP contribution is -2.41. The molecule has 0 spiro atoms. The summed E-state index contributed by atoms with van der Waals surface area (Å²) in [7, 11) is 0. The fraction of sp³-hybridized carbons (Fsp3) is 0.136. The lowest BCUT2D eigenvalue weighted by atomic mass is 10.1. The van der Waals surface area contributed by atoms with Crippen LogP contribution in [0.2, 0.25) is 0 Å². The normalized spacial score (nSPS) is 13.3. The van der Waals surface area contributed by atoms with Gasteiger partial charge in [-0.15, -0.1) is 11.3 Å². The number of amides is 2. The van der Waals surface area contributed by atoms with Gasteiger partial charge in [0.25, 0.3) is 5.91 Å². The van der Waals surface area contributed by atoms with Crippen molar-refractivity contribution in [2.45, 2.75) is 13.5 Å². The maximum atomic E-state index is 12.8. The number of aryl methyl sites for hydroxylation is 1. The van der Waals surface area contributed by atoms with Gasteiger partial charge < -0.3 is 10.1 Å². The zero-order valence-electron chi connectivity index (χ0n) is 15.8. The average Bonchev–Trinajstić information content (AvgIpc) is 3.15. The largest absolute Gasteiger partial charge is 0.487 e. The van der Waals surface area contributed by atoms with Gasteiger partial charge in [0.1, 0.15) is 18.9 Å². The standard InChI is InChI=1S/C22H19N3O3S/c1-15-23-17(14-29-15)13-28-20-9-5-2-6-16(20)10-11-22(27)25-12-21(26)24-18-7-3-4-8-19(18)25/h2-11,14H,12-13H2,1H3,(H,24,26). The van der Waals surface area contributed by atoms with Gasteiger partial charge in [0.05, 0.1) is 22.1 Å². The Balaban J connectivity index is 1.51. The van der Waals surface area contributed by atoms with Gasteiger partial charge in [-0.2, -0.15) is 0 Å². The van der Waals surface area contributed by atoms with Gasteiger partial charge in [0, 0.05) is 17.0 Å². The Kier molecular flexibility index (Phi) is 5.39. The van der Waals surface area contributed by atoms with Crippen LogP contribution in [0.1, 0.15) is 16.3 Å². The van der Waals surface area contributed by atoms with Crippen LogP contribution in [0.3, 0.4) is 0 Å². The summed E-state index contributed by atoms with van der Waals surface area (Å²) in [5.74, 6) is 0.184. The zero-order valence-corrected chi connectivity index (χ0v) is 16.6. The third-order valence-corrected chi connectivity index (χ3v) is 5.23. The first-order valence-corrected chi connectivity index (χ1v) is 9.99. The summed E-state index contributed by atoms with van der Waals surface area (Å²) in [6.45, 7) is 2.31. The second-order valence-corrected chi connectivity index (χ2v) is 7.57. The van der Waals surface area contributed by atoms with E-state index in [2.05, 4.69) is 10.3 Å². The Morgan fingerprint density at radius 2 is 2.03 bits per heavy atom. The number of fused-ring (bicyclic) bond motifs is 1. The second kappa shape index (κ2) is 8.28. The molecule has 0 fully saturated rings. The SMILES string of the molecule is Cc1nc(COc2ccccc2C=CC(=O)N2CC(=O)Nc3ccccc32)cs1. The van der Waals surface area contributed by atoms with Crippen LogP contribution in [0.4, 0.5) is 11.4 Å². The summed E-state index contributed by atoms with van der Waals surface area (Å²) >= 11 is 1.58. The van der Waals surface area contributed by atoms with E-state index < -0.39 is 0 Å². The molecule has 3 aromatic rings. The van der Waals surface area contributed by atoms with Gasteiger partial charge in [-0.3, -0.25) is 14.5 Å². The van der Waals surface area contributed by atoms with Crippen LogP contribution in [0, 0.1) is 6.92 Å². The van der Waals surface area contributed by atoms with Crippen molar-refractivity contribution < 1.29 is 14.3 Å². The number of ether oxygens (including phenoxy) is 1. The molecule has 1 N–H and O–H groups in total. The molecule has 0 saturated carbocycles. The maximum Gasteiger partial charge on any atom is 0.251 e. The van der Waals surface area contributed by atoms with Gasteiger partial charge in [0.15, 0.2) is 0 Å². The highest BCUT2D eigenvalue weighted by Gasteiger charge is 2.25. The van der Waals surface area contributed by atoms with Crippen molar-refractivity contribution in [3.63, 3.8) is 0 Å². The van der Waals surface area contributed by atoms with Crippen molar-refractivity contribution in [3.8, 4) is 5.75 Å². The molecule has 1 aliphatic rings. The number of anilines is 2. The molecule has 2 aromatic carbocycles. The van der Waals surface area contributed by atoms with Crippen molar-refractivity contribution in [1.82, 2.24) is 4.98 Å². The number of hydrogen-bond donors (Lipinski definition) is 1. The third-order valence-electron chi connectivity index (χ3n) is 4.40. The molecular formula is C22H19N3O3S. The quantitative estimate of drug-likeness (QED) is 0.651. The van der Waals surface area contributed by atoms with Crippen LogP contribution in [0.5, 0.6) is 5.75 Å². The zero-order chi connectivity index (χ0) is 20.2. The molecule has 0 saturated heterocycles. The molecule has 2 heterocycles. The van der Waals surface area contributed by atoms with Crippen molar-refractivity contribution in [2.24, 2.45) is 0 Å². The molecule has 7 heteroatoms. The lowest BCUT2D eigenvalue weighted by molar-refractivity contribution is -0.119. The average molecular weight is 405 g/mol. The number of carbonyl (C=O) groups excluding carboxylic acids is 2. The molecule has 0 bridgehead atoms. The minimum atomic E-state index is -0.266. The Hall–Kier alpha value is -3.45. The van der Waals surface area contributed by atoms with Crippen LogP contribution in [0.25, 0.3) is 6.08 Å². The summed E-state index contributed by atoms with van der Waals surface area (Å²) in [6.07, 6.45) is 3.17. The smallest absolute Gasteiger partial charge is 0.251 e. The van der Waals surface area contributed by atoms with Gasteiger partial charge in [-0.1, -0.05) is 30.3 Å². The van der Waals surface area contributed by atoms with E-state index >= 15 is 0 Å². The van der Waals surface area contributed by atoms with E-state index in [0.717, 1.165) is 16.3 Å². The molecule has 1 aromatic heterocycles. The second-order valence-electron chi connectivity index (χ2n) is 6.51. The molecule has 2 amide bonds. The van der Waals surface area contributed by atoms with Crippen LogP contribution < -0.4 is 15.0 Å². The number of aromatic nitrogens is 1. The molecule has 0 unspecified atom stereocenters. The van der Waals surface area contributed by atoms with E-state index in [-0.39, 0.29) is 18.4 Å². The summed E-state index contributed by atoms with van der Waals surface area (Å²) < 4.78 is 5.89. The Labute approximate surface area is 172 Å². The number of nitrogens with zero attached hydrogens (tertiary/aromatic N) is 2. The summed E-state index contributed by atoms with van der Waals surface area (Å²) in [6, 6.07) is 14.7. The van der Waals surface area contributed by atoms with Gasteiger partial charge in [-0.05, 0) is 31.2 Å². The molecular weight excluding hydrogens is 386 g/mol. The number of benzene rings is 2. The van der Waals surface area contributed by atoms with E-state index in [1.54, 1.807) is 23.5 Å². The van der Waals surface area contributed by atoms with Crippen LogP contribution in [-0.2, 0) is 16.2 Å². The van der Waals surface area contributed by atoms with E-state index in [1.807, 2.05) is 54.8 Å². The number of carbonyl (C=O) groups is 2. The van der Waals surface area contributed by atoms with Crippen molar-refractivity contribution in [3.05, 3.63) is 76.3 Å². The number of thiazole rings is 1. The van der Waals surface area contributed by atoms with Gasteiger partial charge in [-0.25, -0.2) is 4.98 Å². The topological polar surface area (TPSA) is 71.5 Å². The van der Waals surface area contributed by atoms with Crippen LogP contribution in [-0.4, -0.2) is 23.3 Å². The van der Waals surface area contributed by atoms with E-state index in [9.17, 15) is 9.59 Å². The van der Waals surface area contributed by atoms with E-state index in [1.165, 1.54) is 11.0 Å². The molecule has 146 valence electrons. The van der Waals surface area contributed by atoms with Gasteiger partial charge >= 0.3 is 0 Å². The Bertz CT molecular complexity index is 1090. The molecule has 0 atom stereocenters. The summed E-state index contributed by atoms with van der Waals surface area (Å²) in [4.78, 5) is 30.6. The monoisotopic (exact) mass is 405 g/mol. The van der Waals surface area contributed by atoms with Crippen LogP contribution >= 0.6 is 11.3 Å². The van der Waals surface area contributed by atoms with Crippen LogP contribution in [0.15, 0.2) is 60.0 Å². The Morgan fingerprint density at radius 1 is 1.24 bits per heavy atom. The number of para-hydroxylation sites is 3. The van der Waals surface area contributed by atoms with Gasteiger partial charge in [0.2, 0.25) is 5.91 Å².